The highest BCUT2D eigenvalue weighted by Crippen LogP contribution is 2.54. The summed E-state index contributed by atoms with van der Waals surface area (Å²) in [7, 11) is 0. The Labute approximate surface area is 122 Å². The third-order valence-corrected chi connectivity index (χ3v) is 5.13. The molecule has 0 spiro atoms. The number of rotatable bonds is 2. The lowest BCUT2D eigenvalue weighted by atomic mass is 9.57. The minimum Gasteiger partial charge on any atom is -0.497 e. The van der Waals surface area contributed by atoms with Crippen LogP contribution in [0.1, 0.15) is 41.5 Å². The molecular formula is C17H26O3. The Balaban J connectivity index is 2.41. The van der Waals surface area contributed by atoms with Gasteiger partial charge >= 0.3 is 5.97 Å². The van der Waals surface area contributed by atoms with Crippen LogP contribution in [-0.2, 0) is 14.3 Å². The predicted octanol–water partition coefficient (Wildman–Crippen LogP) is 3.71. The monoisotopic (exact) mass is 278 g/mol. The number of allylic oxidation sites excluding steroid dienone is 3. The molecule has 0 amide bonds. The van der Waals surface area contributed by atoms with Crippen LogP contribution in [0.5, 0.6) is 0 Å². The molecule has 20 heavy (non-hydrogen) atoms. The van der Waals surface area contributed by atoms with E-state index in [1.807, 2.05) is 0 Å². The summed E-state index contributed by atoms with van der Waals surface area (Å²) in [6.45, 7) is 13.4. The fourth-order valence-electron chi connectivity index (χ4n) is 3.80. The third kappa shape index (κ3) is 2.27. The number of carbonyl (C=O) groups is 1. The zero-order chi connectivity index (χ0) is 15.1. The molecule has 1 heterocycles. The average Bonchev–Trinajstić information content (AvgIpc) is 2.34. The Morgan fingerprint density at radius 2 is 2.05 bits per heavy atom. The van der Waals surface area contributed by atoms with E-state index in [-0.39, 0.29) is 11.4 Å². The van der Waals surface area contributed by atoms with Crippen molar-refractivity contribution in [3.8, 4) is 0 Å². The second-order valence-corrected chi connectivity index (χ2v) is 6.63. The van der Waals surface area contributed by atoms with Crippen molar-refractivity contribution in [1.29, 1.82) is 0 Å². The molecule has 0 aromatic rings. The summed E-state index contributed by atoms with van der Waals surface area (Å²) < 4.78 is 11.5. The van der Waals surface area contributed by atoms with E-state index in [4.69, 9.17) is 9.47 Å². The van der Waals surface area contributed by atoms with Crippen molar-refractivity contribution in [3.63, 3.8) is 0 Å². The summed E-state index contributed by atoms with van der Waals surface area (Å²) in [4.78, 5) is 11.2. The van der Waals surface area contributed by atoms with Gasteiger partial charge in [-0.15, -0.1) is 0 Å². The Kier molecular flexibility index (Phi) is 3.99. The molecule has 0 saturated carbocycles. The molecule has 2 aliphatic rings. The smallest absolute Gasteiger partial charge is 0.302 e. The molecule has 0 aromatic heterocycles. The van der Waals surface area contributed by atoms with Crippen LogP contribution >= 0.6 is 0 Å². The van der Waals surface area contributed by atoms with Crippen molar-refractivity contribution in [1.82, 2.24) is 0 Å². The second-order valence-electron chi connectivity index (χ2n) is 6.63. The van der Waals surface area contributed by atoms with E-state index in [0.29, 0.717) is 31.0 Å². The number of hydrogen-bond donors (Lipinski definition) is 0. The fraction of sp³-hybridized carbons (Fsp3) is 0.706. The minimum absolute atomic E-state index is 0.102. The normalized spacial score (nSPS) is 36.0. The highest BCUT2D eigenvalue weighted by Gasteiger charge is 2.53. The van der Waals surface area contributed by atoms with Crippen LogP contribution in [0.4, 0.5) is 0 Å². The lowest BCUT2D eigenvalue weighted by molar-refractivity contribution is -0.155. The van der Waals surface area contributed by atoms with Crippen molar-refractivity contribution >= 4 is 5.97 Å². The predicted molar refractivity (Wildman–Crippen MR) is 79.0 cm³/mol. The first-order chi connectivity index (χ1) is 9.29. The quantitative estimate of drug-likeness (QED) is 0.570. The summed E-state index contributed by atoms with van der Waals surface area (Å²) in [6.07, 6.45) is 2.33. The maximum absolute atomic E-state index is 11.2. The van der Waals surface area contributed by atoms with Gasteiger partial charge in [-0.05, 0) is 38.2 Å². The number of fused-ring (bicyclic) bond motifs is 2. The first kappa shape index (κ1) is 15.1. The molecule has 1 fully saturated rings. The van der Waals surface area contributed by atoms with Gasteiger partial charge in [0.1, 0.15) is 12.4 Å². The van der Waals surface area contributed by atoms with Crippen LogP contribution in [-0.4, -0.2) is 19.2 Å². The Morgan fingerprint density at radius 3 is 2.60 bits per heavy atom. The molecule has 1 aliphatic heterocycles. The van der Waals surface area contributed by atoms with Gasteiger partial charge in [0.2, 0.25) is 0 Å². The van der Waals surface area contributed by atoms with Crippen molar-refractivity contribution in [3.05, 3.63) is 23.0 Å². The van der Waals surface area contributed by atoms with Crippen molar-refractivity contribution in [2.75, 3.05) is 13.2 Å². The number of ether oxygens (including phenoxy) is 2. The van der Waals surface area contributed by atoms with Crippen LogP contribution in [0.2, 0.25) is 0 Å². The van der Waals surface area contributed by atoms with Crippen molar-refractivity contribution < 1.29 is 14.3 Å². The molecule has 3 nitrogen and oxygen atoms in total. The van der Waals surface area contributed by atoms with E-state index < -0.39 is 0 Å². The van der Waals surface area contributed by atoms with Gasteiger partial charge in [0.15, 0.2) is 0 Å². The zero-order valence-corrected chi connectivity index (χ0v) is 13.4. The summed E-state index contributed by atoms with van der Waals surface area (Å²) >= 11 is 0. The van der Waals surface area contributed by atoms with Gasteiger partial charge in [0, 0.05) is 18.3 Å². The molecule has 112 valence electrons. The molecule has 2 rings (SSSR count). The van der Waals surface area contributed by atoms with Gasteiger partial charge in [-0.25, -0.2) is 0 Å². The van der Waals surface area contributed by atoms with Crippen LogP contribution in [0, 0.1) is 23.2 Å². The minimum atomic E-state index is -0.213. The number of hydrogen-bond acceptors (Lipinski definition) is 3. The second kappa shape index (κ2) is 5.27. The first-order valence-electron chi connectivity index (χ1n) is 7.41. The molecular weight excluding hydrogens is 252 g/mol. The highest BCUT2D eigenvalue weighted by atomic mass is 16.5. The van der Waals surface area contributed by atoms with Gasteiger partial charge in [-0.1, -0.05) is 25.5 Å². The summed E-state index contributed by atoms with van der Waals surface area (Å²) in [5.74, 6) is 1.99. The van der Waals surface area contributed by atoms with Crippen LogP contribution in [0.3, 0.4) is 0 Å². The average molecular weight is 278 g/mol. The highest BCUT2D eigenvalue weighted by molar-refractivity contribution is 5.66. The molecule has 0 aromatic carbocycles. The summed E-state index contributed by atoms with van der Waals surface area (Å²) in [5.41, 5.74) is 2.51. The van der Waals surface area contributed by atoms with Gasteiger partial charge in [0.05, 0.1) is 6.61 Å². The van der Waals surface area contributed by atoms with Gasteiger partial charge < -0.3 is 9.47 Å². The molecule has 0 N–H and O–H groups in total. The standard InChI is InChI=1S/C17H26O3/c1-10(2)16-15-11(3)7-12(4)17(9-20-16,13(15)5)8-19-14(6)18/h7,12-13,15H,8-9H2,1-6H3/t12-,13-,15+,17+/m0/s1. The summed E-state index contributed by atoms with van der Waals surface area (Å²) in [6, 6.07) is 0. The van der Waals surface area contributed by atoms with E-state index >= 15 is 0 Å². The molecule has 0 unspecified atom stereocenters. The topological polar surface area (TPSA) is 35.5 Å². The lowest BCUT2D eigenvalue weighted by Crippen LogP contribution is -2.53. The molecule has 1 saturated heterocycles. The van der Waals surface area contributed by atoms with E-state index in [2.05, 4.69) is 40.7 Å². The van der Waals surface area contributed by atoms with Gasteiger partial charge in [-0.3, -0.25) is 4.79 Å². The molecule has 2 bridgehead atoms. The fourth-order valence-corrected chi connectivity index (χ4v) is 3.80. The maximum atomic E-state index is 11.2. The molecule has 1 aliphatic carbocycles. The van der Waals surface area contributed by atoms with Gasteiger partial charge in [-0.2, -0.15) is 0 Å². The maximum Gasteiger partial charge on any atom is 0.302 e. The van der Waals surface area contributed by atoms with Crippen molar-refractivity contribution in [2.24, 2.45) is 23.2 Å². The van der Waals surface area contributed by atoms with E-state index in [9.17, 15) is 4.79 Å². The van der Waals surface area contributed by atoms with E-state index in [1.165, 1.54) is 18.1 Å². The Hall–Kier alpha value is -1.25. The first-order valence-corrected chi connectivity index (χ1v) is 7.41. The number of esters is 1. The van der Waals surface area contributed by atoms with Crippen LogP contribution in [0.25, 0.3) is 0 Å². The van der Waals surface area contributed by atoms with E-state index in [1.54, 1.807) is 0 Å². The van der Waals surface area contributed by atoms with Gasteiger partial charge in [0.25, 0.3) is 0 Å². The largest absolute Gasteiger partial charge is 0.497 e. The molecule has 4 atom stereocenters. The SMILES string of the molecule is CC(=O)OC[C@@]12COC(=C(C)C)[C@H](C(C)=C[C@@H]1C)[C@@H]2C. The molecule has 3 heteroatoms. The third-order valence-electron chi connectivity index (χ3n) is 5.13. The van der Waals surface area contributed by atoms with E-state index in [0.717, 1.165) is 5.76 Å². The van der Waals surface area contributed by atoms with Crippen molar-refractivity contribution in [2.45, 2.75) is 41.5 Å². The Bertz CT molecular complexity index is 471. The van der Waals surface area contributed by atoms with Crippen LogP contribution < -0.4 is 0 Å². The lowest BCUT2D eigenvalue weighted by Gasteiger charge is -2.53. The Morgan fingerprint density at radius 1 is 1.40 bits per heavy atom. The molecule has 0 radical (unpaired) electrons. The van der Waals surface area contributed by atoms with Crippen LogP contribution in [0.15, 0.2) is 23.0 Å². The number of carbonyl (C=O) groups excluding carboxylic acids is 1. The zero-order valence-electron chi connectivity index (χ0n) is 13.4. The summed E-state index contributed by atoms with van der Waals surface area (Å²) in [5, 5.41) is 0.